The molecular weight excluding hydrogens is 218 g/mol. The van der Waals surface area contributed by atoms with Gasteiger partial charge >= 0.3 is 73.5 Å². The summed E-state index contributed by atoms with van der Waals surface area (Å²) in [5, 5.41) is 0. The van der Waals surface area contributed by atoms with Gasteiger partial charge in [0.1, 0.15) is 0 Å². The topological polar surface area (TPSA) is 0 Å². The van der Waals surface area contributed by atoms with Crippen LogP contribution in [0.25, 0.3) is 0 Å². The van der Waals surface area contributed by atoms with E-state index >= 15 is 0 Å². The molecule has 0 saturated carbocycles. The molecule has 0 aromatic heterocycles. The van der Waals surface area contributed by atoms with Gasteiger partial charge in [0.2, 0.25) is 0 Å². The Kier molecular flexibility index (Phi) is 0.154. The fourth-order valence-corrected chi connectivity index (χ4v) is 88.0. The van der Waals surface area contributed by atoms with Gasteiger partial charge in [-0.1, -0.05) is 0 Å². The maximum atomic E-state index is 1.59. The van der Waals surface area contributed by atoms with Gasteiger partial charge in [-0.25, -0.2) is 0 Å². The maximum absolute atomic E-state index is 2.28. The van der Waals surface area contributed by atoms with Crippen molar-refractivity contribution in [2.75, 3.05) is 0 Å². The van der Waals surface area contributed by atoms with Crippen molar-refractivity contribution in [2.45, 2.75) is 48.2 Å². The quantitative estimate of drug-likeness (QED) is 0.399. The summed E-state index contributed by atoms with van der Waals surface area (Å²) >= 11 is 0. The van der Waals surface area contributed by atoms with Crippen LogP contribution in [-0.4, -0.2) is 0 Å². The summed E-state index contributed by atoms with van der Waals surface area (Å²) in [5.74, 6) is 0. The van der Waals surface area contributed by atoms with E-state index in [-0.39, 0.29) is 31.3 Å². The van der Waals surface area contributed by atoms with Crippen LogP contribution >= 0.6 is 0 Å². The third kappa shape index (κ3) is 0.0430. The molecule has 10 aliphatic rings. The van der Waals surface area contributed by atoms with Crippen molar-refractivity contribution < 1.29 is 37.8 Å². The molecule has 0 amide bonds. The van der Waals surface area contributed by atoms with Gasteiger partial charge in [-0.3, -0.25) is 0 Å². The molecule has 10 heterocycles. The summed E-state index contributed by atoms with van der Waals surface area (Å²) in [6.07, 6.45) is 0. The zero-order valence-electron chi connectivity index (χ0n) is 7.51. The van der Waals surface area contributed by atoms with E-state index in [1.165, 1.54) is 0 Å². The van der Waals surface area contributed by atoms with Gasteiger partial charge in [0, 0.05) is 0 Å². The third-order valence-corrected chi connectivity index (χ3v) is 56.5. The molecule has 0 nitrogen and oxygen atoms in total. The van der Waals surface area contributed by atoms with Crippen molar-refractivity contribution in [1.82, 2.24) is 0 Å². The van der Waals surface area contributed by atoms with Gasteiger partial charge in [0.15, 0.2) is 0 Å². The average Bonchev–Trinajstić information content (AvgIpc) is 3.01. The first-order chi connectivity index (χ1) is 5.16. The van der Waals surface area contributed by atoms with Crippen molar-refractivity contribution in [1.29, 1.82) is 0 Å². The van der Waals surface area contributed by atoms with Crippen LogP contribution in [0.1, 0.15) is 0 Å². The smallest absolute Gasteiger partial charge is 1.00 e. The molecule has 0 N–H and O–H groups in total. The van der Waals surface area contributed by atoms with E-state index in [2.05, 4.69) is 0 Å². The fraction of sp³-hybridized carbons (Fsp3) is 1.00. The van der Waals surface area contributed by atoms with Crippen LogP contribution in [0, 0.1) is 0 Å². The minimum Gasteiger partial charge on any atom is -1.00 e. The second-order valence-corrected chi connectivity index (χ2v) is 33.5. The number of hydrogen-bond acceptors (Lipinski definition) is 0. The molecule has 10 saturated heterocycles. The number of rotatable bonds is 0. The van der Waals surface area contributed by atoms with Crippen LogP contribution in [0.4, 0.5) is 0 Å². The molecule has 10 aliphatic heterocycles. The summed E-state index contributed by atoms with van der Waals surface area (Å²) < 4.78 is 0. The molecule has 0 radical (unpaired) electrons. The van der Waals surface area contributed by atoms with Gasteiger partial charge in [0.25, 0.3) is 0 Å². The monoisotopic (exact) mass is 228 g/mol. The van der Waals surface area contributed by atoms with Crippen LogP contribution < -0.4 is 31.3 Å². The van der Waals surface area contributed by atoms with E-state index in [1.807, 2.05) is 0 Å². The van der Waals surface area contributed by atoms with Crippen LogP contribution in [0.15, 0.2) is 0 Å². The molecule has 1 spiro atoms. The molecule has 66 valence electrons. The molecule has 3 heteroatoms. The van der Waals surface area contributed by atoms with Gasteiger partial charge in [-0.15, -0.1) is 0 Å². The standard InChI is InChI=1S/2C5H5.ClH.Fe.Li/c2*1-2-4-5-3-1;;;/h2*1-5H;1H;;/q;;;;+1/p-1. The van der Waals surface area contributed by atoms with Crippen LogP contribution in [0.2, 0.25) is 48.2 Å². The fourth-order valence-electron chi connectivity index (χ4n) is 15.8. The molecule has 0 unspecified atom stereocenters. The minimum atomic E-state index is -2.28. The predicted molar refractivity (Wildman–Crippen MR) is 37.5 cm³/mol. The second-order valence-electron chi connectivity index (χ2n) is 9.58. The molecule has 0 aromatic rings. The van der Waals surface area contributed by atoms with E-state index in [0.29, 0.717) is 0 Å². The van der Waals surface area contributed by atoms with E-state index in [9.17, 15) is 0 Å². The molecule has 0 aliphatic carbocycles. The Balaban J connectivity index is 0.000000222. The van der Waals surface area contributed by atoms with Crippen LogP contribution in [0.5, 0.6) is 0 Å². The SMILES string of the molecule is [CH]12[CH]3[CH]4[CH]5[CH]1[Fe]23451678[CH]2[CH]1[CH]6[CH]7[CH]28.[Cl-].[Li+]. The zero-order chi connectivity index (χ0) is 6.09. The number of halogens is 1. The average molecular weight is 228 g/mol. The second kappa shape index (κ2) is 0.353. The predicted octanol–water partition coefficient (Wildman–Crippen LogP) is -2.62. The molecule has 13 heavy (non-hydrogen) atoms. The zero-order valence-corrected chi connectivity index (χ0v) is 9.37. The van der Waals surface area contributed by atoms with E-state index in [0.717, 1.165) is 0 Å². The van der Waals surface area contributed by atoms with Crippen LogP contribution in [-0.2, 0) is 6.51 Å². The molecule has 0 atom stereocenters. The Morgan fingerprint density at radius 2 is 0.615 bits per heavy atom. The molecule has 0 aromatic carbocycles. The summed E-state index contributed by atoms with van der Waals surface area (Å²) in [6, 6.07) is 0. The van der Waals surface area contributed by atoms with E-state index < -0.39 is 6.51 Å². The van der Waals surface area contributed by atoms with E-state index in [1.54, 1.807) is 48.2 Å². The van der Waals surface area contributed by atoms with Gasteiger partial charge in [-0.2, -0.15) is 0 Å². The maximum Gasteiger partial charge on any atom is 1.00 e. The minimum absolute atomic E-state index is 0. The Hall–Kier alpha value is 1.41. The molecule has 10 rings (SSSR count). The Morgan fingerprint density at radius 1 is 0.462 bits per heavy atom. The Morgan fingerprint density at radius 3 is 0.615 bits per heavy atom. The number of fused-ring (bicyclic) bond motifs is 10. The van der Waals surface area contributed by atoms with Crippen molar-refractivity contribution >= 4 is 0 Å². The van der Waals surface area contributed by atoms with Gasteiger partial charge in [0.05, 0.1) is 0 Å². The summed E-state index contributed by atoms with van der Waals surface area (Å²) in [7, 11) is 0. The largest absolute Gasteiger partial charge is 1.00 e. The number of hydrogen-bond donors (Lipinski definition) is 0. The van der Waals surface area contributed by atoms with Gasteiger partial charge < -0.3 is 12.4 Å². The normalized spacial score (nSPS) is 145. The Bertz CT molecular complexity index is 582. The molecule has 0 bridgehead atoms. The van der Waals surface area contributed by atoms with Crippen molar-refractivity contribution in [3.63, 3.8) is 0 Å². The first-order valence-electron chi connectivity index (χ1n) is 5.37. The van der Waals surface area contributed by atoms with Gasteiger partial charge in [-0.05, 0) is 0 Å². The molecular formula is C10H10ClFeLi. The summed E-state index contributed by atoms with van der Waals surface area (Å²) in [6.45, 7) is -2.28. The first kappa shape index (κ1) is 5.65. The van der Waals surface area contributed by atoms with E-state index in [4.69, 9.17) is 0 Å². The van der Waals surface area contributed by atoms with Crippen LogP contribution in [0.3, 0.4) is 0 Å². The first-order valence-corrected chi connectivity index (χ1v) is 11.7. The Labute approximate surface area is 85.5 Å². The third-order valence-electron chi connectivity index (χ3n) is 14.5. The van der Waals surface area contributed by atoms with Crippen molar-refractivity contribution in [2.24, 2.45) is 0 Å². The van der Waals surface area contributed by atoms with Crippen molar-refractivity contribution in [3.8, 4) is 0 Å². The molecule has 10 fully saturated rings. The summed E-state index contributed by atoms with van der Waals surface area (Å²) in [4.78, 5) is 15.9. The summed E-state index contributed by atoms with van der Waals surface area (Å²) in [5.41, 5.74) is 0. The van der Waals surface area contributed by atoms with Crippen molar-refractivity contribution in [3.05, 3.63) is 0 Å².